The Morgan fingerprint density at radius 1 is 1.48 bits per heavy atom. The van der Waals surface area contributed by atoms with Crippen molar-refractivity contribution in [2.24, 2.45) is 7.05 Å². The van der Waals surface area contributed by atoms with E-state index >= 15 is 0 Å². The molecule has 0 aliphatic rings. The molecule has 3 rings (SSSR count). The maximum atomic E-state index is 12.2. The first-order valence-corrected chi connectivity index (χ1v) is 7.35. The second kappa shape index (κ2) is 5.53. The largest absolute Gasteiger partial charge is 0.397 e. The van der Waals surface area contributed by atoms with Gasteiger partial charge in [0.25, 0.3) is 5.91 Å². The lowest BCUT2D eigenvalue weighted by atomic mass is 10.2. The van der Waals surface area contributed by atoms with Crippen LogP contribution in [0.4, 0.5) is 5.69 Å². The number of rotatable bonds is 4. The Hall–Kier alpha value is -2.41. The summed E-state index contributed by atoms with van der Waals surface area (Å²) in [7, 11) is 1.87. The number of hydrogen-bond acceptors (Lipinski definition) is 5. The maximum Gasteiger partial charge on any atom is 0.263 e. The third-order valence-corrected chi connectivity index (χ3v) is 4.33. The van der Waals surface area contributed by atoms with Crippen molar-refractivity contribution in [3.05, 3.63) is 41.3 Å². The van der Waals surface area contributed by atoms with Gasteiger partial charge in [-0.25, -0.2) is 0 Å². The molecule has 0 bridgehead atoms. The molecule has 0 spiro atoms. The average Bonchev–Trinajstić information content (AvgIpc) is 3.03. The van der Waals surface area contributed by atoms with Crippen molar-refractivity contribution in [1.82, 2.24) is 20.1 Å². The molecule has 3 heterocycles. The van der Waals surface area contributed by atoms with E-state index in [4.69, 9.17) is 5.73 Å². The van der Waals surface area contributed by atoms with Crippen LogP contribution in [0.5, 0.6) is 0 Å². The Balaban J connectivity index is 1.68. The first-order chi connectivity index (χ1) is 10.1. The van der Waals surface area contributed by atoms with Crippen molar-refractivity contribution < 1.29 is 4.79 Å². The first kappa shape index (κ1) is 13.6. The molecule has 0 saturated carbocycles. The zero-order valence-electron chi connectivity index (χ0n) is 11.5. The van der Waals surface area contributed by atoms with Crippen molar-refractivity contribution in [2.45, 2.75) is 6.42 Å². The van der Waals surface area contributed by atoms with Crippen LogP contribution in [0.15, 0.2) is 30.7 Å². The Morgan fingerprint density at radius 2 is 2.33 bits per heavy atom. The van der Waals surface area contributed by atoms with Crippen LogP contribution < -0.4 is 11.1 Å². The number of nitrogens with two attached hydrogens (primary N) is 1. The molecule has 0 unspecified atom stereocenters. The van der Waals surface area contributed by atoms with E-state index in [1.165, 1.54) is 11.3 Å². The highest BCUT2D eigenvalue weighted by molar-refractivity contribution is 7.21. The monoisotopic (exact) mass is 301 g/mol. The number of anilines is 1. The summed E-state index contributed by atoms with van der Waals surface area (Å²) in [5.41, 5.74) is 7.50. The number of thiophene rings is 1. The molecule has 7 heteroatoms. The summed E-state index contributed by atoms with van der Waals surface area (Å²) in [5.74, 6) is -0.148. The fourth-order valence-electron chi connectivity index (χ4n) is 2.12. The summed E-state index contributed by atoms with van der Waals surface area (Å²) in [6.45, 7) is 0.530. The smallest absolute Gasteiger partial charge is 0.263 e. The highest BCUT2D eigenvalue weighted by atomic mass is 32.1. The Labute approximate surface area is 125 Å². The molecule has 1 amide bonds. The van der Waals surface area contributed by atoms with Crippen molar-refractivity contribution in [3.63, 3.8) is 0 Å². The van der Waals surface area contributed by atoms with Gasteiger partial charge < -0.3 is 11.1 Å². The molecule has 6 nitrogen and oxygen atoms in total. The molecule has 0 atom stereocenters. The number of nitrogens with one attached hydrogen (secondary N) is 1. The summed E-state index contributed by atoms with van der Waals surface area (Å²) in [5, 5.41) is 8.03. The van der Waals surface area contributed by atoms with Crippen LogP contribution in [-0.4, -0.2) is 27.2 Å². The normalized spacial score (nSPS) is 10.9. The van der Waals surface area contributed by atoms with Crippen LogP contribution in [-0.2, 0) is 13.5 Å². The van der Waals surface area contributed by atoms with Crippen molar-refractivity contribution in [2.75, 3.05) is 12.3 Å². The predicted octanol–water partition coefficient (Wildman–Crippen LogP) is 1.58. The number of nitrogen functional groups attached to an aromatic ring is 1. The standard InChI is InChI=1S/C14H15N5OS/c1-19-7-4-9(18-19)2-6-17-14(20)13-12(15)10-3-5-16-8-11(10)21-13/h3-5,7-8H,2,6,15H2,1H3,(H,17,20). The molecule has 3 N–H and O–H groups in total. The van der Waals surface area contributed by atoms with Gasteiger partial charge in [-0.1, -0.05) is 0 Å². The highest BCUT2D eigenvalue weighted by Gasteiger charge is 2.15. The van der Waals surface area contributed by atoms with Gasteiger partial charge >= 0.3 is 0 Å². The summed E-state index contributed by atoms with van der Waals surface area (Å²) in [4.78, 5) is 16.8. The van der Waals surface area contributed by atoms with Crippen LogP contribution in [0.1, 0.15) is 15.4 Å². The van der Waals surface area contributed by atoms with Gasteiger partial charge in [-0.3, -0.25) is 14.5 Å². The molecule has 0 aliphatic heterocycles. The van der Waals surface area contributed by atoms with Crippen LogP contribution in [0.2, 0.25) is 0 Å². The van der Waals surface area contributed by atoms with Gasteiger partial charge in [0, 0.05) is 44.0 Å². The number of pyridine rings is 1. The zero-order valence-corrected chi connectivity index (χ0v) is 12.4. The number of hydrogen-bond donors (Lipinski definition) is 2. The Bertz CT molecular complexity index is 792. The van der Waals surface area contributed by atoms with Gasteiger partial charge in [0.05, 0.1) is 16.1 Å². The van der Waals surface area contributed by atoms with E-state index in [1.54, 1.807) is 17.1 Å². The van der Waals surface area contributed by atoms with E-state index in [9.17, 15) is 4.79 Å². The molecule has 3 aromatic rings. The van der Waals surface area contributed by atoms with Gasteiger partial charge in [0.2, 0.25) is 0 Å². The van der Waals surface area contributed by atoms with E-state index in [1.807, 2.05) is 25.4 Å². The second-order valence-electron chi connectivity index (χ2n) is 4.70. The quantitative estimate of drug-likeness (QED) is 0.766. The number of amides is 1. The molecule has 0 saturated heterocycles. The SMILES string of the molecule is Cn1ccc(CCNC(=O)c2sc3cnccc3c2N)n1. The van der Waals surface area contributed by atoms with E-state index in [-0.39, 0.29) is 5.91 Å². The fraction of sp³-hybridized carbons (Fsp3) is 0.214. The van der Waals surface area contributed by atoms with Gasteiger partial charge in [0.1, 0.15) is 4.88 Å². The van der Waals surface area contributed by atoms with Crippen LogP contribution >= 0.6 is 11.3 Å². The van der Waals surface area contributed by atoms with E-state index in [2.05, 4.69) is 15.4 Å². The van der Waals surface area contributed by atoms with Crippen LogP contribution in [0.25, 0.3) is 10.1 Å². The number of aromatic nitrogens is 3. The first-order valence-electron chi connectivity index (χ1n) is 6.54. The maximum absolute atomic E-state index is 12.2. The molecule has 0 aromatic carbocycles. The van der Waals surface area contributed by atoms with Crippen molar-refractivity contribution >= 4 is 33.0 Å². The van der Waals surface area contributed by atoms with Crippen molar-refractivity contribution in [1.29, 1.82) is 0 Å². The van der Waals surface area contributed by atoms with Gasteiger partial charge in [0.15, 0.2) is 0 Å². The summed E-state index contributed by atoms with van der Waals surface area (Å²) >= 11 is 1.36. The summed E-state index contributed by atoms with van der Waals surface area (Å²) in [6.07, 6.45) is 5.97. The molecule has 3 aromatic heterocycles. The minimum atomic E-state index is -0.148. The number of aryl methyl sites for hydroxylation is 1. The summed E-state index contributed by atoms with van der Waals surface area (Å²) < 4.78 is 2.67. The van der Waals surface area contributed by atoms with Crippen molar-refractivity contribution in [3.8, 4) is 0 Å². The third kappa shape index (κ3) is 2.73. The average molecular weight is 301 g/mol. The summed E-state index contributed by atoms with van der Waals surface area (Å²) in [6, 6.07) is 3.76. The van der Waals surface area contributed by atoms with Gasteiger partial charge in [-0.05, 0) is 12.1 Å². The minimum absolute atomic E-state index is 0.148. The molecular weight excluding hydrogens is 286 g/mol. The Kier molecular flexibility index (Phi) is 3.57. The molecular formula is C14H15N5OS. The Morgan fingerprint density at radius 3 is 3.05 bits per heavy atom. The molecule has 0 radical (unpaired) electrons. The fourth-order valence-corrected chi connectivity index (χ4v) is 3.13. The van der Waals surface area contributed by atoms with Crippen LogP contribution in [0, 0.1) is 0 Å². The minimum Gasteiger partial charge on any atom is -0.397 e. The third-order valence-electron chi connectivity index (χ3n) is 3.17. The van der Waals surface area contributed by atoms with E-state index in [0.717, 1.165) is 15.8 Å². The van der Waals surface area contributed by atoms with E-state index in [0.29, 0.717) is 23.5 Å². The molecule has 21 heavy (non-hydrogen) atoms. The lowest BCUT2D eigenvalue weighted by Crippen LogP contribution is -2.25. The zero-order chi connectivity index (χ0) is 14.8. The van der Waals surface area contributed by atoms with Gasteiger partial charge in [-0.2, -0.15) is 5.10 Å². The lowest BCUT2D eigenvalue weighted by Gasteiger charge is -2.03. The number of carbonyl (C=O) groups excluding carboxylic acids is 1. The molecule has 108 valence electrons. The van der Waals surface area contributed by atoms with Gasteiger partial charge in [-0.15, -0.1) is 11.3 Å². The predicted molar refractivity (Wildman–Crippen MR) is 83.3 cm³/mol. The number of carbonyl (C=O) groups is 1. The topological polar surface area (TPSA) is 85.8 Å². The lowest BCUT2D eigenvalue weighted by molar-refractivity contribution is 0.0959. The van der Waals surface area contributed by atoms with Crippen LogP contribution in [0.3, 0.4) is 0 Å². The molecule has 0 aliphatic carbocycles. The highest BCUT2D eigenvalue weighted by Crippen LogP contribution is 2.32. The van der Waals surface area contributed by atoms with E-state index < -0.39 is 0 Å². The number of nitrogens with zero attached hydrogens (tertiary/aromatic N) is 3. The molecule has 0 fully saturated rings. The second-order valence-corrected chi connectivity index (χ2v) is 5.76. The number of fused-ring (bicyclic) bond motifs is 1.